The number of benzene rings is 3. The predicted molar refractivity (Wildman–Crippen MR) is 126 cm³/mol. The largest absolute Gasteiger partial charge is 0.493 e. The van der Waals surface area contributed by atoms with E-state index in [1.807, 2.05) is 25.1 Å². The minimum atomic E-state index is -0.420. The Bertz CT molecular complexity index is 1320. The third-order valence-electron chi connectivity index (χ3n) is 4.75. The molecule has 0 spiro atoms. The smallest absolute Gasteiger partial charge is 0.262 e. The molecule has 3 aromatic carbocycles. The van der Waals surface area contributed by atoms with Gasteiger partial charge in [-0.2, -0.15) is 0 Å². The summed E-state index contributed by atoms with van der Waals surface area (Å²) in [5.74, 6) is -0.546. The van der Waals surface area contributed by atoms with Crippen LogP contribution in [-0.4, -0.2) is 30.5 Å². The molecule has 0 bridgehead atoms. The van der Waals surface area contributed by atoms with Crippen LogP contribution in [0.25, 0.3) is 10.2 Å². The lowest BCUT2D eigenvalue weighted by Crippen LogP contribution is -2.20. The molecule has 0 atom stereocenters. The first-order chi connectivity index (χ1) is 15.9. The Labute approximate surface area is 193 Å². The first kappa shape index (κ1) is 22.2. The quantitative estimate of drug-likeness (QED) is 0.400. The third-order valence-corrected chi connectivity index (χ3v) is 5.69. The Morgan fingerprint density at radius 3 is 2.55 bits per heavy atom. The van der Waals surface area contributed by atoms with Crippen molar-refractivity contribution in [1.29, 1.82) is 0 Å². The van der Waals surface area contributed by atoms with Gasteiger partial charge in [0.05, 0.1) is 17.3 Å². The second kappa shape index (κ2) is 9.66. The molecule has 9 heteroatoms. The van der Waals surface area contributed by atoms with E-state index in [-0.39, 0.29) is 12.5 Å². The molecule has 0 aliphatic rings. The van der Waals surface area contributed by atoms with Crippen molar-refractivity contribution in [1.82, 2.24) is 4.98 Å². The SMILES string of the molecule is COc1cc(C(=O)Nc2nc3c(C)cccc3s2)ccc1OCC(=O)Nc1ccc(F)cc1. The predicted octanol–water partition coefficient (Wildman–Crippen LogP) is 5.02. The molecule has 4 rings (SSSR count). The molecule has 168 valence electrons. The molecule has 0 fully saturated rings. The summed E-state index contributed by atoms with van der Waals surface area (Å²) in [6, 6.07) is 15.9. The van der Waals surface area contributed by atoms with Gasteiger partial charge in [0.1, 0.15) is 5.82 Å². The molecule has 0 aliphatic carbocycles. The summed E-state index contributed by atoms with van der Waals surface area (Å²) in [5, 5.41) is 5.92. The molecule has 0 aliphatic heterocycles. The Hall–Kier alpha value is -3.98. The van der Waals surface area contributed by atoms with Gasteiger partial charge >= 0.3 is 0 Å². The van der Waals surface area contributed by atoms with E-state index < -0.39 is 11.7 Å². The van der Waals surface area contributed by atoms with Crippen LogP contribution >= 0.6 is 11.3 Å². The lowest BCUT2D eigenvalue weighted by Gasteiger charge is -2.12. The molecule has 33 heavy (non-hydrogen) atoms. The molecular weight excluding hydrogens is 445 g/mol. The van der Waals surface area contributed by atoms with E-state index in [1.54, 1.807) is 12.1 Å². The van der Waals surface area contributed by atoms with E-state index >= 15 is 0 Å². The van der Waals surface area contributed by atoms with Gasteiger partial charge in [0, 0.05) is 11.3 Å². The first-order valence-electron chi connectivity index (χ1n) is 9.96. The highest BCUT2D eigenvalue weighted by Crippen LogP contribution is 2.30. The van der Waals surface area contributed by atoms with Gasteiger partial charge in [0.15, 0.2) is 23.2 Å². The molecule has 1 heterocycles. The molecular formula is C24H20FN3O4S. The normalized spacial score (nSPS) is 10.6. The highest BCUT2D eigenvalue weighted by Gasteiger charge is 2.15. The Morgan fingerprint density at radius 1 is 1.03 bits per heavy atom. The van der Waals surface area contributed by atoms with Crippen molar-refractivity contribution in [3.8, 4) is 11.5 Å². The minimum Gasteiger partial charge on any atom is -0.493 e. The number of thiazole rings is 1. The molecule has 0 saturated heterocycles. The number of nitrogens with zero attached hydrogens (tertiary/aromatic N) is 1. The summed E-state index contributed by atoms with van der Waals surface area (Å²) in [6.07, 6.45) is 0. The van der Waals surface area contributed by atoms with Crippen LogP contribution in [0.15, 0.2) is 60.7 Å². The molecule has 0 saturated carbocycles. The number of carbonyl (C=O) groups excluding carboxylic acids is 2. The van der Waals surface area contributed by atoms with Crippen LogP contribution in [0, 0.1) is 12.7 Å². The van der Waals surface area contributed by atoms with Crippen LogP contribution in [0.5, 0.6) is 11.5 Å². The molecule has 2 N–H and O–H groups in total. The van der Waals surface area contributed by atoms with Gasteiger partial charge in [-0.05, 0) is 61.0 Å². The van der Waals surface area contributed by atoms with Gasteiger partial charge in [-0.15, -0.1) is 0 Å². The Balaban J connectivity index is 1.41. The minimum absolute atomic E-state index is 0.287. The summed E-state index contributed by atoms with van der Waals surface area (Å²) < 4.78 is 24.8. The Kier molecular flexibility index (Phi) is 6.50. The number of carbonyl (C=O) groups is 2. The highest BCUT2D eigenvalue weighted by molar-refractivity contribution is 7.22. The van der Waals surface area contributed by atoms with Crippen LogP contribution < -0.4 is 20.1 Å². The van der Waals surface area contributed by atoms with Crippen molar-refractivity contribution >= 4 is 44.2 Å². The van der Waals surface area contributed by atoms with Crippen molar-refractivity contribution < 1.29 is 23.5 Å². The van der Waals surface area contributed by atoms with E-state index in [1.165, 1.54) is 48.8 Å². The maximum atomic E-state index is 13.0. The van der Waals surface area contributed by atoms with Crippen molar-refractivity contribution in [3.05, 3.63) is 77.6 Å². The topological polar surface area (TPSA) is 89.6 Å². The number of hydrogen-bond donors (Lipinski definition) is 2. The molecule has 7 nitrogen and oxygen atoms in total. The first-order valence-corrected chi connectivity index (χ1v) is 10.8. The number of rotatable bonds is 7. The fourth-order valence-corrected chi connectivity index (χ4v) is 4.05. The summed E-state index contributed by atoms with van der Waals surface area (Å²) in [4.78, 5) is 29.3. The number of methoxy groups -OCH3 is 1. The maximum absolute atomic E-state index is 13.0. The molecule has 0 unspecified atom stereocenters. The number of halogens is 1. The Morgan fingerprint density at radius 2 is 1.82 bits per heavy atom. The summed E-state index contributed by atoms with van der Waals surface area (Å²) in [6.45, 7) is 1.68. The van der Waals surface area contributed by atoms with E-state index in [9.17, 15) is 14.0 Å². The van der Waals surface area contributed by atoms with Crippen LogP contribution in [-0.2, 0) is 4.79 Å². The molecule has 4 aromatic rings. The second-order valence-electron chi connectivity index (χ2n) is 7.10. The van der Waals surface area contributed by atoms with Crippen molar-refractivity contribution in [2.45, 2.75) is 6.92 Å². The number of ether oxygens (including phenoxy) is 2. The molecule has 2 amide bonds. The fraction of sp³-hybridized carbons (Fsp3) is 0.125. The number of para-hydroxylation sites is 1. The number of aryl methyl sites for hydroxylation is 1. The maximum Gasteiger partial charge on any atom is 0.262 e. The van der Waals surface area contributed by atoms with Crippen LogP contribution in [0.4, 0.5) is 15.2 Å². The van der Waals surface area contributed by atoms with Crippen molar-refractivity contribution in [2.24, 2.45) is 0 Å². The summed E-state index contributed by atoms with van der Waals surface area (Å²) in [5.41, 5.74) is 2.70. The van der Waals surface area contributed by atoms with Crippen molar-refractivity contribution in [3.63, 3.8) is 0 Å². The summed E-state index contributed by atoms with van der Waals surface area (Å²) in [7, 11) is 1.44. The molecule has 1 aromatic heterocycles. The number of aromatic nitrogens is 1. The number of fused-ring (bicyclic) bond motifs is 1. The molecule has 0 radical (unpaired) electrons. The highest BCUT2D eigenvalue weighted by atomic mass is 32.1. The van der Waals surface area contributed by atoms with Gasteiger partial charge in [-0.1, -0.05) is 23.5 Å². The number of anilines is 2. The van der Waals surface area contributed by atoms with Gasteiger partial charge in [-0.3, -0.25) is 14.9 Å². The zero-order valence-electron chi connectivity index (χ0n) is 17.8. The zero-order chi connectivity index (χ0) is 23.4. The third kappa shape index (κ3) is 5.27. The van der Waals surface area contributed by atoms with Crippen LogP contribution in [0.2, 0.25) is 0 Å². The van der Waals surface area contributed by atoms with E-state index in [4.69, 9.17) is 9.47 Å². The zero-order valence-corrected chi connectivity index (χ0v) is 18.7. The second-order valence-corrected chi connectivity index (χ2v) is 8.13. The standard InChI is InChI=1S/C24H20FN3O4S/c1-14-4-3-5-20-22(14)27-24(33-20)28-23(30)15-6-11-18(19(12-15)31-2)32-13-21(29)26-17-9-7-16(25)8-10-17/h3-12H,13H2,1-2H3,(H,26,29)(H,27,28,30). The number of nitrogens with one attached hydrogen (secondary N) is 2. The number of hydrogen-bond acceptors (Lipinski definition) is 6. The number of amides is 2. The van der Waals surface area contributed by atoms with Gasteiger partial charge in [0.2, 0.25) is 0 Å². The van der Waals surface area contributed by atoms with E-state index in [0.717, 1.165) is 15.8 Å². The average molecular weight is 466 g/mol. The fourth-order valence-electron chi connectivity index (χ4n) is 3.11. The van der Waals surface area contributed by atoms with Gasteiger partial charge in [-0.25, -0.2) is 9.37 Å². The van der Waals surface area contributed by atoms with Crippen LogP contribution in [0.1, 0.15) is 15.9 Å². The monoisotopic (exact) mass is 465 g/mol. The van der Waals surface area contributed by atoms with E-state index in [2.05, 4.69) is 15.6 Å². The van der Waals surface area contributed by atoms with Crippen molar-refractivity contribution in [2.75, 3.05) is 24.4 Å². The average Bonchev–Trinajstić information content (AvgIpc) is 3.23. The van der Waals surface area contributed by atoms with Gasteiger partial charge in [0.25, 0.3) is 11.8 Å². The lowest BCUT2D eigenvalue weighted by atomic mass is 10.2. The van der Waals surface area contributed by atoms with E-state index in [0.29, 0.717) is 27.9 Å². The lowest BCUT2D eigenvalue weighted by molar-refractivity contribution is -0.118. The summed E-state index contributed by atoms with van der Waals surface area (Å²) >= 11 is 1.40. The van der Waals surface area contributed by atoms with Gasteiger partial charge < -0.3 is 14.8 Å². The van der Waals surface area contributed by atoms with Crippen LogP contribution in [0.3, 0.4) is 0 Å².